The fraction of sp³-hybridized carbons (Fsp3) is 0.200. The van der Waals surface area contributed by atoms with Gasteiger partial charge in [-0.15, -0.1) is 0 Å². The van der Waals surface area contributed by atoms with E-state index in [1.807, 2.05) is 0 Å². The summed E-state index contributed by atoms with van der Waals surface area (Å²) in [7, 11) is 0. The van der Waals surface area contributed by atoms with Crippen molar-refractivity contribution in [3.8, 4) is 0 Å². The lowest BCUT2D eigenvalue weighted by molar-refractivity contribution is -0.113. The Labute approximate surface area is 91.7 Å². The molecule has 1 aliphatic heterocycles. The van der Waals surface area contributed by atoms with Gasteiger partial charge in [0.25, 0.3) is 0 Å². The van der Waals surface area contributed by atoms with Gasteiger partial charge in [-0.1, -0.05) is 12.1 Å². The van der Waals surface area contributed by atoms with E-state index in [0.29, 0.717) is 18.5 Å². The molecule has 1 unspecified atom stereocenters. The highest BCUT2D eigenvalue weighted by molar-refractivity contribution is 6.02. The maximum atomic E-state index is 12.7. The highest BCUT2D eigenvalue weighted by Crippen LogP contribution is 2.07. The maximum absolute atomic E-state index is 12.7. The van der Waals surface area contributed by atoms with Gasteiger partial charge in [-0.2, -0.15) is 5.10 Å². The van der Waals surface area contributed by atoms with E-state index in [2.05, 4.69) is 10.5 Å². The Hall–Kier alpha value is -1.79. The first-order chi connectivity index (χ1) is 7.70. The fourth-order valence-corrected chi connectivity index (χ4v) is 1.43. The normalized spacial score (nSPS) is 21.1. The second-order valence-electron chi connectivity index (χ2n) is 3.45. The van der Waals surface area contributed by atoms with E-state index in [0.717, 1.165) is 5.56 Å². The van der Waals surface area contributed by atoms with Gasteiger partial charge in [-0.25, -0.2) is 9.40 Å². The predicted octanol–water partition coefficient (Wildman–Crippen LogP) is -0.166. The summed E-state index contributed by atoms with van der Waals surface area (Å²) < 4.78 is 12.7. The van der Waals surface area contributed by atoms with Crippen LogP contribution < -0.4 is 11.3 Å². The molecule has 16 heavy (non-hydrogen) atoms. The number of hydrogen-bond donors (Lipinski definition) is 2. The number of hydrazine groups is 1. The molecule has 1 aliphatic rings. The quantitative estimate of drug-likeness (QED) is 0.538. The van der Waals surface area contributed by atoms with Crippen molar-refractivity contribution < 1.29 is 9.18 Å². The van der Waals surface area contributed by atoms with Crippen LogP contribution in [0.5, 0.6) is 0 Å². The van der Waals surface area contributed by atoms with Gasteiger partial charge in [-0.3, -0.25) is 16.1 Å². The molecule has 0 radical (unpaired) electrons. The Morgan fingerprint density at radius 1 is 1.50 bits per heavy atom. The standard InChI is InChI=1S/C10H11FN4O/c11-8-3-1-7(2-4-8)9-5-15(12)10(6-16)14-13-9/h1-4,6,10,14H,5,12H2. The van der Waals surface area contributed by atoms with Crippen LogP contribution in [0.3, 0.4) is 0 Å². The third-order valence-electron chi connectivity index (χ3n) is 2.33. The van der Waals surface area contributed by atoms with Crippen LogP contribution >= 0.6 is 0 Å². The van der Waals surface area contributed by atoms with Crippen molar-refractivity contribution in [1.82, 2.24) is 10.4 Å². The first-order valence-electron chi connectivity index (χ1n) is 4.75. The fourth-order valence-electron chi connectivity index (χ4n) is 1.43. The smallest absolute Gasteiger partial charge is 0.165 e. The van der Waals surface area contributed by atoms with Gasteiger partial charge < -0.3 is 0 Å². The first-order valence-corrected chi connectivity index (χ1v) is 4.75. The van der Waals surface area contributed by atoms with Crippen molar-refractivity contribution in [2.75, 3.05) is 6.54 Å². The van der Waals surface area contributed by atoms with E-state index in [4.69, 9.17) is 5.84 Å². The number of carbonyl (C=O) groups excluding carboxylic acids is 1. The van der Waals surface area contributed by atoms with Crippen molar-refractivity contribution in [2.45, 2.75) is 6.17 Å². The summed E-state index contributed by atoms with van der Waals surface area (Å²) in [4.78, 5) is 10.6. The van der Waals surface area contributed by atoms with E-state index >= 15 is 0 Å². The summed E-state index contributed by atoms with van der Waals surface area (Å²) in [6.07, 6.45) is 0.0643. The molecule has 1 aromatic rings. The Morgan fingerprint density at radius 3 is 2.75 bits per heavy atom. The molecular formula is C10H11FN4O. The topological polar surface area (TPSA) is 70.7 Å². The van der Waals surface area contributed by atoms with Gasteiger partial charge in [0.05, 0.1) is 12.3 Å². The van der Waals surface area contributed by atoms with Gasteiger partial charge in [0.2, 0.25) is 0 Å². The summed E-state index contributed by atoms with van der Waals surface area (Å²) in [5.74, 6) is 5.33. The Kier molecular flexibility index (Phi) is 2.93. The number of hydrazone groups is 1. The lowest BCUT2D eigenvalue weighted by Crippen LogP contribution is -2.55. The number of nitrogens with one attached hydrogen (secondary N) is 1. The highest BCUT2D eigenvalue weighted by Gasteiger charge is 2.21. The van der Waals surface area contributed by atoms with Crippen molar-refractivity contribution >= 4 is 12.0 Å². The van der Waals surface area contributed by atoms with E-state index in [1.54, 1.807) is 12.1 Å². The summed E-state index contributed by atoms with van der Waals surface area (Å²) in [5.41, 5.74) is 4.05. The van der Waals surface area contributed by atoms with Crippen LogP contribution in [0, 0.1) is 5.82 Å². The summed E-state index contributed by atoms with van der Waals surface area (Å²) in [6, 6.07) is 5.94. The van der Waals surface area contributed by atoms with Gasteiger partial charge >= 0.3 is 0 Å². The molecule has 1 atom stereocenters. The van der Waals surface area contributed by atoms with Crippen LogP contribution in [0.25, 0.3) is 0 Å². The van der Waals surface area contributed by atoms with Gasteiger partial charge in [-0.05, 0) is 17.7 Å². The lowest BCUT2D eigenvalue weighted by Gasteiger charge is -2.27. The minimum absolute atomic E-state index is 0.302. The van der Waals surface area contributed by atoms with Gasteiger partial charge in [0.15, 0.2) is 12.5 Å². The molecule has 0 bridgehead atoms. The molecular weight excluding hydrogens is 211 g/mol. The minimum atomic E-state index is -0.607. The second kappa shape index (κ2) is 4.38. The molecule has 0 fully saturated rings. The number of halogens is 1. The summed E-state index contributed by atoms with van der Waals surface area (Å²) >= 11 is 0. The molecule has 84 valence electrons. The second-order valence-corrected chi connectivity index (χ2v) is 3.45. The number of rotatable bonds is 2. The monoisotopic (exact) mass is 222 g/mol. The largest absolute Gasteiger partial charge is 0.299 e. The Morgan fingerprint density at radius 2 is 2.19 bits per heavy atom. The molecule has 0 aromatic heterocycles. The third-order valence-corrected chi connectivity index (χ3v) is 2.33. The number of aldehydes is 1. The van der Waals surface area contributed by atoms with Crippen LogP contribution in [0.15, 0.2) is 29.4 Å². The zero-order valence-electron chi connectivity index (χ0n) is 8.43. The molecule has 0 spiro atoms. The molecule has 3 N–H and O–H groups in total. The molecule has 5 nitrogen and oxygen atoms in total. The average Bonchev–Trinajstić information content (AvgIpc) is 2.30. The van der Waals surface area contributed by atoms with Crippen LogP contribution in [-0.4, -0.2) is 29.7 Å². The van der Waals surface area contributed by atoms with Crippen molar-refractivity contribution in [3.05, 3.63) is 35.6 Å². The summed E-state index contributed by atoms with van der Waals surface area (Å²) in [5, 5.41) is 5.36. The average molecular weight is 222 g/mol. The minimum Gasteiger partial charge on any atom is -0.299 e. The summed E-state index contributed by atoms with van der Waals surface area (Å²) in [6.45, 7) is 0.335. The molecule has 1 heterocycles. The zero-order valence-corrected chi connectivity index (χ0v) is 8.43. The number of carbonyl (C=O) groups is 1. The van der Waals surface area contributed by atoms with Crippen molar-refractivity contribution in [3.63, 3.8) is 0 Å². The van der Waals surface area contributed by atoms with Crippen LogP contribution in [0.2, 0.25) is 0 Å². The van der Waals surface area contributed by atoms with Crippen LogP contribution in [0.4, 0.5) is 4.39 Å². The number of benzene rings is 1. The van der Waals surface area contributed by atoms with E-state index in [9.17, 15) is 9.18 Å². The Bertz CT molecular complexity index is 417. The van der Waals surface area contributed by atoms with Crippen LogP contribution in [0.1, 0.15) is 5.56 Å². The SMILES string of the molecule is NN1CC(c2ccc(F)cc2)=NNC1C=O. The third kappa shape index (κ3) is 2.07. The highest BCUT2D eigenvalue weighted by atomic mass is 19.1. The number of nitrogens with zero attached hydrogens (tertiary/aromatic N) is 2. The van der Waals surface area contributed by atoms with Crippen molar-refractivity contribution in [2.24, 2.45) is 10.9 Å². The van der Waals surface area contributed by atoms with E-state index in [-0.39, 0.29) is 5.82 Å². The van der Waals surface area contributed by atoms with Crippen LogP contribution in [-0.2, 0) is 4.79 Å². The number of nitrogens with two attached hydrogens (primary N) is 1. The molecule has 0 saturated carbocycles. The maximum Gasteiger partial charge on any atom is 0.165 e. The zero-order chi connectivity index (χ0) is 11.5. The molecule has 1 aromatic carbocycles. The van der Waals surface area contributed by atoms with Gasteiger partial charge in [0, 0.05) is 0 Å². The lowest BCUT2D eigenvalue weighted by atomic mass is 10.1. The molecule has 0 aliphatic carbocycles. The predicted molar refractivity (Wildman–Crippen MR) is 56.8 cm³/mol. The molecule has 2 rings (SSSR count). The molecule has 0 amide bonds. The van der Waals surface area contributed by atoms with Crippen molar-refractivity contribution in [1.29, 1.82) is 0 Å². The van der Waals surface area contributed by atoms with E-state index in [1.165, 1.54) is 17.1 Å². The van der Waals surface area contributed by atoms with Gasteiger partial charge in [0.1, 0.15) is 5.82 Å². The molecule has 0 saturated heterocycles. The number of hydrogen-bond acceptors (Lipinski definition) is 5. The van der Waals surface area contributed by atoms with E-state index < -0.39 is 6.17 Å². The Balaban J connectivity index is 2.20. The first kappa shape index (κ1) is 10.7. The molecule has 6 heteroatoms.